The van der Waals surface area contributed by atoms with Crippen molar-refractivity contribution < 1.29 is 57.4 Å². The maximum atomic E-state index is 12.7. The minimum absolute atomic E-state index is 0. The van der Waals surface area contributed by atoms with Crippen LogP contribution in [0.5, 0.6) is 11.5 Å². The number of aromatic carboxylic acids is 1. The van der Waals surface area contributed by atoms with Crippen LogP contribution in [0, 0.1) is 6.92 Å². The average Bonchev–Trinajstić information content (AvgIpc) is 2.62. The molecule has 10 heteroatoms. The first-order chi connectivity index (χ1) is 11.7. The van der Waals surface area contributed by atoms with Crippen LogP contribution >= 0.6 is 11.6 Å². The van der Waals surface area contributed by atoms with E-state index < -0.39 is 21.6 Å². The van der Waals surface area contributed by atoms with Crippen molar-refractivity contribution in [3.05, 3.63) is 46.0 Å². The van der Waals surface area contributed by atoms with E-state index in [1.807, 2.05) is 0 Å². The molecule has 0 saturated carbocycles. The van der Waals surface area contributed by atoms with Gasteiger partial charge in [0.25, 0.3) is 0 Å². The third-order valence-electron chi connectivity index (χ3n) is 3.71. The molecule has 26 heavy (non-hydrogen) atoms. The molecule has 0 radical (unpaired) electrons. The van der Waals surface area contributed by atoms with Crippen molar-refractivity contribution >= 4 is 39.5 Å². The Morgan fingerprint density at radius 1 is 1.27 bits per heavy atom. The van der Waals surface area contributed by atoms with Crippen LogP contribution in [0.15, 0.2) is 29.2 Å². The maximum absolute atomic E-state index is 12.7. The summed E-state index contributed by atoms with van der Waals surface area (Å²) >= 11 is 6.17. The van der Waals surface area contributed by atoms with Crippen LogP contribution in [0.25, 0.3) is 0 Å². The van der Waals surface area contributed by atoms with Gasteiger partial charge >= 0.3 is 29.6 Å². The number of fused-ring (bicyclic) bond motifs is 2. The second-order valence-corrected chi connectivity index (χ2v) is 7.84. The Labute approximate surface area is 176 Å². The number of hydrogen-bond acceptors (Lipinski definition) is 6. The molecule has 1 amide bonds. The predicted molar refractivity (Wildman–Crippen MR) is 87.6 cm³/mol. The smallest absolute Gasteiger partial charge is 0.545 e. The zero-order valence-corrected chi connectivity index (χ0v) is 17.4. The first-order valence-corrected chi connectivity index (χ1v) is 9.05. The standard InChI is InChI=1S/C16H12ClNO6S.Na/c1-8-2-9(16(20)21)4-13-14(8)24-15-10(6-25(13,22)23)3-11(18-7-19)5-12(15)17;/h2-5,7H,6H2,1H3,(H,18,19)(H,20,21);/q;+1/p-1. The number of carbonyl (C=O) groups excluding carboxylic acids is 2. The summed E-state index contributed by atoms with van der Waals surface area (Å²) < 4.78 is 31.2. The van der Waals surface area contributed by atoms with Crippen LogP contribution in [0.4, 0.5) is 5.69 Å². The van der Waals surface area contributed by atoms with E-state index >= 15 is 0 Å². The summed E-state index contributed by atoms with van der Waals surface area (Å²) in [6.45, 7) is 1.53. The number of carbonyl (C=O) groups is 2. The summed E-state index contributed by atoms with van der Waals surface area (Å²) in [5, 5.41) is 13.6. The summed E-state index contributed by atoms with van der Waals surface area (Å²) in [4.78, 5) is 21.5. The van der Waals surface area contributed by atoms with E-state index in [0.29, 0.717) is 17.7 Å². The van der Waals surface area contributed by atoms with E-state index in [2.05, 4.69) is 5.32 Å². The van der Waals surface area contributed by atoms with E-state index in [1.165, 1.54) is 25.1 Å². The van der Waals surface area contributed by atoms with Gasteiger partial charge in [-0.1, -0.05) is 11.6 Å². The zero-order valence-electron chi connectivity index (χ0n) is 13.8. The maximum Gasteiger partial charge on any atom is 1.00 e. The molecule has 2 aromatic carbocycles. The number of amides is 1. The van der Waals surface area contributed by atoms with Gasteiger partial charge in [-0.2, -0.15) is 0 Å². The molecule has 0 saturated heterocycles. The molecule has 1 N–H and O–H groups in total. The second kappa shape index (κ2) is 7.58. The Morgan fingerprint density at radius 3 is 2.58 bits per heavy atom. The van der Waals surface area contributed by atoms with Gasteiger partial charge < -0.3 is 20.0 Å². The molecule has 0 unspecified atom stereocenters. The number of hydrogen-bond donors (Lipinski definition) is 1. The van der Waals surface area contributed by atoms with Crippen molar-refractivity contribution in [2.45, 2.75) is 17.6 Å². The Hall–Kier alpha value is -1.58. The second-order valence-electron chi connectivity index (χ2n) is 5.48. The summed E-state index contributed by atoms with van der Waals surface area (Å²) in [7, 11) is -3.91. The van der Waals surface area contributed by atoms with Crippen molar-refractivity contribution in [1.82, 2.24) is 0 Å². The molecule has 1 aliphatic rings. The number of ether oxygens (including phenoxy) is 1. The van der Waals surface area contributed by atoms with Crippen LogP contribution < -0.4 is 44.7 Å². The third-order valence-corrected chi connectivity index (χ3v) is 5.65. The molecule has 0 aliphatic carbocycles. The van der Waals surface area contributed by atoms with Crippen LogP contribution in [-0.4, -0.2) is 20.8 Å². The average molecular weight is 404 g/mol. The molecule has 0 aromatic heterocycles. The Morgan fingerprint density at radius 2 is 1.96 bits per heavy atom. The number of anilines is 1. The fourth-order valence-electron chi connectivity index (χ4n) is 2.63. The fourth-order valence-corrected chi connectivity index (χ4v) is 4.48. The van der Waals surface area contributed by atoms with Gasteiger partial charge in [0, 0.05) is 11.3 Å². The van der Waals surface area contributed by atoms with Crippen LogP contribution in [0.2, 0.25) is 5.02 Å². The van der Waals surface area contributed by atoms with Crippen molar-refractivity contribution in [2.75, 3.05) is 5.32 Å². The van der Waals surface area contributed by atoms with Gasteiger partial charge in [0.15, 0.2) is 9.84 Å². The molecule has 0 atom stereocenters. The monoisotopic (exact) mass is 403 g/mol. The predicted octanol–water partition coefficient (Wildman–Crippen LogP) is -1.34. The van der Waals surface area contributed by atoms with E-state index in [1.54, 1.807) is 0 Å². The summed E-state index contributed by atoms with van der Waals surface area (Å²) in [5.74, 6) is -1.79. The normalized spacial score (nSPS) is 13.9. The third kappa shape index (κ3) is 3.74. The van der Waals surface area contributed by atoms with Gasteiger partial charge in [0.2, 0.25) is 6.41 Å². The minimum Gasteiger partial charge on any atom is -0.545 e. The van der Waals surface area contributed by atoms with E-state index in [4.69, 9.17) is 16.3 Å². The number of nitrogens with one attached hydrogen (secondary N) is 1. The first kappa shape index (κ1) is 20.7. The number of rotatable bonds is 3. The number of sulfone groups is 1. The fraction of sp³-hybridized carbons (Fsp3) is 0.125. The number of carboxylic acids is 1. The van der Waals surface area contributed by atoms with Crippen LogP contribution in [-0.2, 0) is 20.4 Å². The number of carboxylic acid groups (broad SMARTS) is 1. The molecular weight excluding hydrogens is 393 g/mol. The van der Waals surface area contributed by atoms with Gasteiger partial charge in [0.1, 0.15) is 16.4 Å². The summed E-state index contributed by atoms with van der Waals surface area (Å²) in [5.41, 5.74) is 0.626. The van der Waals surface area contributed by atoms with Crippen molar-refractivity contribution in [3.63, 3.8) is 0 Å². The largest absolute Gasteiger partial charge is 1.00 e. The Kier molecular flexibility index (Phi) is 6.04. The Balaban J connectivity index is 0.00000243. The van der Waals surface area contributed by atoms with Crippen LogP contribution in [0.1, 0.15) is 21.5 Å². The molecule has 0 fully saturated rings. The zero-order chi connectivity index (χ0) is 18.4. The van der Waals surface area contributed by atoms with Crippen LogP contribution in [0.3, 0.4) is 0 Å². The molecule has 2 aromatic rings. The quantitative estimate of drug-likeness (QED) is 0.501. The van der Waals surface area contributed by atoms with E-state index in [-0.39, 0.29) is 62.1 Å². The molecule has 3 rings (SSSR count). The van der Waals surface area contributed by atoms with Gasteiger partial charge in [-0.25, -0.2) is 8.42 Å². The summed E-state index contributed by atoms with van der Waals surface area (Å²) in [6.07, 6.45) is 0.440. The van der Waals surface area contributed by atoms with Crippen molar-refractivity contribution in [1.29, 1.82) is 0 Å². The van der Waals surface area contributed by atoms with Gasteiger partial charge in [0.05, 0.1) is 16.7 Å². The number of halogens is 1. The molecule has 0 spiro atoms. The van der Waals surface area contributed by atoms with Crippen molar-refractivity contribution in [2.24, 2.45) is 0 Å². The Bertz CT molecular complexity index is 1020. The molecule has 130 valence electrons. The van der Waals surface area contributed by atoms with Gasteiger partial charge in [-0.15, -0.1) is 0 Å². The van der Waals surface area contributed by atoms with E-state index in [0.717, 1.165) is 6.07 Å². The first-order valence-electron chi connectivity index (χ1n) is 7.02. The molecule has 0 bridgehead atoms. The number of aryl methyl sites for hydroxylation is 1. The van der Waals surface area contributed by atoms with Gasteiger partial charge in [-0.3, -0.25) is 4.79 Å². The minimum atomic E-state index is -3.91. The molecular formula is C16H11ClNNaO6S. The SMILES string of the molecule is Cc1cc(C(=O)[O-])cc2c1Oc1c(Cl)cc(NC=O)cc1CS2(=O)=O.[Na+]. The topological polar surface area (TPSA) is 113 Å². The molecule has 7 nitrogen and oxygen atoms in total. The van der Waals surface area contributed by atoms with E-state index in [9.17, 15) is 23.1 Å². The van der Waals surface area contributed by atoms with Crippen molar-refractivity contribution in [3.8, 4) is 11.5 Å². The number of benzene rings is 2. The van der Waals surface area contributed by atoms with Gasteiger partial charge in [-0.05, 0) is 42.3 Å². The summed E-state index contributed by atoms with van der Waals surface area (Å²) in [6, 6.07) is 5.15. The molecule has 1 aliphatic heterocycles. The molecule has 1 heterocycles.